The maximum atomic E-state index is 13.9. The predicted octanol–water partition coefficient (Wildman–Crippen LogP) is 5.81. The second kappa shape index (κ2) is 14.1. The normalized spacial score (nSPS) is 11.2. The van der Waals surface area contributed by atoms with E-state index in [9.17, 15) is 9.59 Å². The van der Waals surface area contributed by atoms with Gasteiger partial charge in [-0.3, -0.25) is 19.4 Å². The number of carbonyl (C=O) groups excluding carboxylic acids is 3. The van der Waals surface area contributed by atoms with Crippen molar-refractivity contribution in [3.05, 3.63) is 64.3 Å². The van der Waals surface area contributed by atoms with Crippen LogP contribution in [0.5, 0.6) is 0 Å². The van der Waals surface area contributed by atoms with E-state index >= 15 is 0 Å². The third-order valence-electron chi connectivity index (χ3n) is 6.31. The first-order valence-electron chi connectivity index (χ1n) is 13.4. The predicted molar refractivity (Wildman–Crippen MR) is 165 cm³/mol. The van der Waals surface area contributed by atoms with Gasteiger partial charge in [0.2, 0.25) is 12.8 Å². The average Bonchev–Trinajstić information content (AvgIpc) is 3.32. The minimum atomic E-state index is -0.405. The van der Waals surface area contributed by atoms with Gasteiger partial charge in [0.25, 0.3) is 5.91 Å². The zero-order valence-electron chi connectivity index (χ0n) is 24.9. The van der Waals surface area contributed by atoms with Crippen LogP contribution >= 0.6 is 11.3 Å². The Kier molecular flexibility index (Phi) is 11.4. The van der Waals surface area contributed by atoms with Crippen LogP contribution in [-0.2, 0) is 21.4 Å². The Labute approximate surface area is 242 Å². The molecule has 4 N–H and O–H groups in total. The van der Waals surface area contributed by atoms with Crippen molar-refractivity contribution in [2.45, 2.75) is 72.8 Å². The summed E-state index contributed by atoms with van der Waals surface area (Å²) in [6.07, 6.45) is 3.75. The molecule has 2 aromatic heterocycles. The Bertz CT molecular complexity index is 1290. The average molecular weight is 566 g/mol. The first-order chi connectivity index (χ1) is 18.8. The Balaban J connectivity index is 0.00000178. The van der Waals surface area contributed by atoms with Gasteiger partial charge in [-0.1, -0.05) is 39.8 Å². The number of nitrogens with one attached hydrogen (secondary N) is 2. The molecule has 0 radical (unpaired) electrons. The molecule has 3 amide bonds. The molecule has 0 saturated heterocycles. The van der Waals surface area contributed by atoms with Crippen molar-refractivity contribution in [3.63, 3.8) is 0 Å². The van der Waals surface area contributed by atoms with Gasteiger partial charge in [0.15, 0.2) is 0 Å². The van der Waals surface area contributed by atoms with Crippen molar-refractivity contribution < 1.29 is 14.4 Å². The van der Waals surface area contributed by atoms with Crippen molar-refractivity contribution >= 4 is 40.8 Å². The molecule has 0 aliphatic rings. The number of thiophene rings is 1. The summed E-state index contributed by atoms with van der Waals surface area (Å²) < 4.78 is 0. The van der Waals surface area contributed by atoms with Gasteiger partial charge < -0.3 is 21.3 Å². The van der Waals surface area contributed by atoms with Crippen LogP contribution < -0.4 is 16.4 Å². The van der Waals surface area contributed by atoms with Crippen LogP contribution in [0.4, 0.5) is 10.7 Å². The van der Waals surface area contributed by atoms with E-state index in [1.165, 1.54) is 0 Å². The molecule has 0 aliphatic heterocycles. The van der Waals surface area contributed by atoms with Crippen LogP contribution in [0.3, 0.4) is 0 Å². The number of pyridine rings is 1. The molecule has 0 atom stereocenters. The van der Waals surface area contributed by atoms with E-state index in [2.05, 4.69) is 80.2 Å². The van der Waals surface area contributed by atoms with Crippen LogP contribution in [-0.4, -0.2) is 47.2 Å². The Hall–Kier alpha value is -3.72. The molecule has 3 rings (SSSR count). The number of aryl methyl sites for hydroxylation is 2. The fraction of sp³-hybridized carbons (Fsp3) is 0.419. The summed E-state index contributed by atoms with van der Waals surface area (Å²) >= 11 is 1.61. The lowest BCUT2D eigenvalue weighted by Crippen LogP contribution is -2.48. The van der Waals surface area contributed by atoms with Crippen LogP contribution in [0.1, 0.15) is 75.0 Å². The Morgan fingerprint density at radius 2 is 1.75 bits per heavy atom. The fourth-order valence-corrected chi connectivity index (χ4v) is 5.20. The van der Waals surface area contributed by atoms with Crippen molar-refractivity contribution in [3.8, 4) is 11.1 Å². The fourth-order valence-electron chi connectivity index (χ4n) is 4.07. The van der Waals surface area contributed by atoms with Crippen molar-refractivity contribution in [2.75, 3.05) is 18.4 Å². The van der Waals surface area contributed by atoms with Gasteiger partial charge in [0.1, 0.15) is 5.00 Å². The van der Waals surface area contributed by atoms with Gasteiger partial charge in [0, 0.05) is 46.6 Å². The molecule has 8 nitrogen and oxygen atoms in total. The Morgan fingerprint density at radius 3 is 2.27 bits per heavy atom. The monoisotopic (exact) mass is 565 g/mol. The summed E-state index contributed by atoms with van der Waals surface area (Å²) in [5, 5.41) is 7.06. The van der Waals surface area contributed by atoms with Crippen molar-refractivity contribution in [1.82, 2.24) is 15.2 Å². The van der Waals surface area contributed by atoms with Gasteiger partial charge >= 0.3 is 0 Å². The second-order valence-corrected chi connectivity index (χ2v) is 12.5. The van der Waals surface area contributed by atoms with Crippen LogP contribution in [0.2, 0.25) is 0 Å². The Morgan fingerprint density at radius 1 is 1.07 bits per heavy atom. The molecule has 0 spiro atoms. The zero-order valence-corrected chi connectivity index (χ0v) is 25.7. The minimum absolute atomic E-state index is 0.0545. The first-order valence-corrected chi connectivity index (χ1v) is 14.2. The highest BCUT2D eigenvalue weighted by atomic mass is 32.1. The second-order valence-electron chi connectivity index (χ2n) is 11.5. The number of rotatable bonds is 9. The van der Waals surface area contributed by atoms with Gasteiger partial charge in [-0.15, -0.1) is 11.3 Å². The SMILES string of the molecule is CCc1ccc(-c2cc(Nc3sc(C(C)(C)C)cc3C(=O)N(CCNC=O)C(C)(C)C)ccc2C)cn1.NC=O. The highest BCUT2D eigenvalue weighted by Gasteiger charge is 2.31. The molecule has 0 bridgehead atoms. The maximum Gasteiger partial charge on any atom is 0.257 e. The molecule has 0 fully saturated rings. The molecule has 0 unspecified atom stereocenters. The number of hydrogen-bond donors (Lipinski definition) is 3. The number of carbonyl (C=O) groups is 3. The smallest absolute Gasteiger partial charge is 0.257 e. The summed E-state index contributed by atoms with van der Waals surface area (Å²) in [5.74, 6) is -0.0545. The quantitative estimate of drug-likeness (QED) is 0.224. The van der Waals surface area contributed by atoms with Crippen LogP contribution in [0.15, 0.2) is 42.6 Å². The number of benzene rings is 1. The van der Waals surface area contributed by atoms with E-state index in [0.717, 1.165) is 44.4 Å². The number of hydrogen-bond acceptors (Lipinski definition) is 6. The zero-order chi connectivity index (χ0) is 30.1. The number of primary amides is 1. The molecule has 0 aliphatic carbocycles. The molecule has 9 heteroatoms. The number of nitrogens with two attached hydrogens (primary N) is 1. The van der Waals surface area contributed by atoms with Crippen LogP contribution in [0, 0.1) is 6.92 Å². The summed E-state index contributed by atoms with van der Waals surface area (Å²) in [6, 6.07) is 12.5. The molecular weight excluding hydrogens is 522 g/mol. The topological polar surface area (TPSA) is 117 Å². The molecular formula is C31H43N5O3S. The first kappa shape index (κ1) is 32.5. The summed E-state index contributed by atoms with van der Waals surface area (Å²) in [5.41, 5.74) is 9.63. The highest BCUT2D eigenvalue weighted by Crippen LogP contribution is 2.39. The molecule has 3 aromatic rings. The van der Waals surface area contributed by atoms with E-state index in [1.807, 2.05) is 44.0 Å². The standard InChI is InChI=1S/C30H40N4O2S.CH3NO/c1-9-22-13-11-21(18-32-22)24-16-23(12-10-20(24)2)33-27-25(17-26(37-27)29(3,4)5)28(36)34(30(6,7)8)15-14-31-19-35;2-1-3/h10-13,16-19,33H,9,14-15H2,1-8H3,(H,31,35);1H,(H2,2,3). The molecule has 216 valence electrons. The summed E-state index contributed by atoms with van der Waals surface area (Å²) in [7, 11) is 0. The van der Waals surface area contributed by atoms with E-state index in [-0.39, 0.29) is 17.7 Å². The maximum absolute atomic E-state index is 13.9. The lowest BCUT2D eigenvalue weighted by Gasteiger charge is -2.36. The van der Waals surface area contributed by atoms with Gasteiger partial charge in [-0.05, 0) is 74.9 Å². The van der Waals surface area contributed by atoms with Gasteiger partial charge in [-0.25, -0.2) is 0 Å². The molecule has 40 heavy (non-hydrogen) atoms. The number of amides is 3. The minimum Gasteiger partial charge on any atom is -0.372 e. The van der Waals surface area contributed by atoms with Crippen LogP contribution in [0.25, 0.3) is 11.1 Å². The van der Waals surface area contributed by atoms with E-state index in [0.29, 0.717) is 25.1 Å². The number of aromatic nitrogens is 1. The molecule has 1 aromatic carbocycles. The van der Waals surface area contributed by atoms with Gasteiger partial charge in [0.05, 0.1) is 5.56 Å². The third kappa shape index (κ3) is 8.64. The highest BCUT2D eigenvalue weighted by molar-refractivity contribution is 7.16. The van der Waals surface area contributed by atoms with Crippen molar-refractivity contribution in [1.29, 1.82) is 0 Å². The largest absolute Gasteiger partial charge is 0.372 e. The van der Waals surface area contributed by atoms with Gasteiger partial charge in [-0.2, -0.15) is 0 Å². The lowest BCUT2D eigenvalue weighted by atomic mass is 9.94. The van der Waals surface area contributed by atoms with E-state index in [1.54, 1.807) is 11.3 Å². The number of nitrogens with zero attached hydrogens (tertiary/aromatic N) is 2. The molecule has 2 heterocycles. The molecule has 0 saturated carbocycles. The van der Waals surface area contributed by atoms with Crippen molar-refractivity contribution in [2.24, 2.45) is 5.73 Å². The third-order valence-corrected chi connectivity index (χ3v) is 7.79. The van der Waals surface area contributed by atoms with E-state index in [4.69, 9.17) is 4.79 Å². The summed E-state index contributed by atoms with van der Waals surface area (Å²) in [6.45, 7) is 17.5. The van der Waals surface area contributed by atoms with E-state index < -0.39 is 5.54 Å². The lowest BCUT2D eigenvalue weighted by molar-refractivity contribution is -0.109. The number of anilines is 2. The summed E-state index contributed by atoms with van der Waals surface area (Å²) in [4.78, 5) is 40.8.